The van der Waals surface area contributed by atoms with Crippen LogP contribution in [-0.2, 0) is 11.2 Å². The number of likely N-dealkylation sites (tertiary alicyclic amines) is 1. The average molecular weight is 347 g/mol. The fourth-order valence-corrected chi connectivity index (χ4v) is 3.10. The summed E-state index contributed by atoms with van der Waals surface area (Å²) in [6, 6.07) is 7.18. The molecule has 1 heterocycles. The lowest BCUT2D eigenvalue weighted by molar-refractivity contribution is -0.136. The third-order valence-electron chi connectivity index (χ3n) is 4.66. The number of benzene rings is 1. The van der Waals surface area contributed by atoms with E-state index in [1.165, 1.54) is 6.42 Å². The van der Waals surface area contributed by atoms with Crippen molar-refractivity contribution in [1.82, 2.24) is 15.5 Å². The van der Waals surface area contributed by atoms with Gasteiger partial charge in [-0.2, -0.15) is 0 Å². The lowest BCUT2D eigenvalue weighted by atomic mass is 10.0. The van der Waals surface area contributed by atoms with Crippen LogP contribution in [0.2, 0.25) is 0 Å². The summed E-state index contributed by atoms with van der Waals surface area (Å²) in [5.74, 6) is 0.811. The van der Waals surface area contributed by atoms with Crippen molar-refractivity contribution in [3.05, 3.63) is 29.8 Å². The first-order valence-electron chi connectivity index (χ1n) is 8.99. The van der Waals surface area contributed by atoms with Gasteiger partial charge in [0.1, 0.15) is 11.8 Å². The summed E-state index contributed by atoms with van der Waals surface area (Å²) in [6.45, 7) is 5.11. The van der Waals surface area contributed by atoms with Gasteiger partial charge in [-0.15, -0.1) is 0 Å². The highest BCUT2D eigenvalue weighted by Crippen LogP contribution is 2.17. The van der Waals surface area contributed by atoms with Gasteiger partial charge in [-0.1, -0.05) is 12.1 Å². The van der Waals surface area contributed by atoms with Crippen molar-refractivity contribution in [1.29, 1.82) is 0 Å². The minimum atomic E-state index is -0.512. The Morgan fingerprint density at radius 3 is 2.64 bits per heavy atom. The summed E-state index contributed by atoms with van der Waals surface area (Å²) in [7, 11) is 1.63. The maximum absolute atomic E-state index is 12.5. The molecule has 6 heteroatoms. The number of ether oxygens (including phenoxy) is 1. The Kier molecular flexibility index (Phi) is 7.10. The summed E-state index contributed by atoms with van der Waals surface area (Å²) in [5, 5.41) is 5.55. The zero-order valence-electron chi connectivity index (χ0n) is 15.4. The maximum atomic E-state index is 12.5. The molecule has 0 unspecified atom stereocenters. The molecule has 0 bridgehead atoms. The van der Waals surface area contributed by atoms with Crippen LogP contribution in [0.4, 0.5) is 4.79 Å². The van der Waals surface area contributed by atoms with Crippen LogP contribution in [0.1, 0.15) is 38.7 Å². The number of hydrogen-bond donors (Lipinski definition) is 2. The van der Waals surface area contributed by atoms with Crippen molar-refractivity contribution in [3.63, 3.8) is 0 Å². The minimum Gasteiger partial charge on any atom is -0.497 e. The van der Waals surface area contributed by atoms with Crippen molar-refractivity contribution in [2.45, 2.75) is 51.6 Å². The van der Waals surface area contributed by atoms with Gasteiger partial charge in [0.25, 0.3) is 0 Å². The number of amides is 3. The van der Waals surface area contributed by atoms with Crippen LogP contribution < -0.4 is 15.4 Å². The number of urea groups is 1. The Bertz CT molecular complexity index is 574. The van der Waals surface area contributed by atoms with E-state index in [-0.39, 0.29) is 18.0 Å². The molecule has 1 aromatic carbocycles. The van der Waals surface area contributed by atoms with Crippen molar-refractivity contribution in [3.8, 4) is 5.75 Å². The Morgan fingerprint density at radius 2 is 2.00 bits per heavy atom. The molecule has 2 rings (SSSR count). The van der Waals surface area contributed by atoms with Gasteiger partial charge in [0.2, 0.25) is 5.91 Å². The van der Waals surface area contributed by atoms with E-state index in [0.29, 0.717) is 6.54 Å². The van der Waals surface area contributed by atoms with E-state index < -0.39 is 6.04 Å². The van der Waals surface area contributed by atoms with Crippen LogP contribution in [0.25, 0.3) is 0 Å². The lowest BCUT2D eigenvalue weighted by Crippen LogP contribution is -2.53. The zero-order valence-corrected chi connectivity index (χ0v) is 15.4. The highest BCUT2D eigenvalue weighted by molar-refractivity contribution is 5.87. The van der Waals surface area contributed by atoms with E-state index in [9.17, 15) is 9.59 Å². The molecule has 0 radical (unpaired) electrons. The minimum absolute atomic E-state index is 0.00231. The van der Waals surface area contributed by atoms with E-state index in [4.69, 9.17) is 4.74 Å². The Balaban J connectivity index is 1.72. The van der Waals surface area contributed by atoms with Crippen molar-refractivity contribution in [2.75, 3.05) is 20.2 Å². The van der Waals surface area contributed by atoms with Crippen LogP contribution in [-0.4, -0.2) is 49.1 Å². The first-order valence-corrected chi connectivity index (χ1v) is 8.99. The van der Waals surface area contributed by atoms with E-state index in [0.717, 1.165) is 37.1 Å². The van der Waals surface area contributed by atoms with Crippen LogP contribution in [0.3, 0.4) is 0 Å². The Labute approximate surface area is 149 Å². The second kappa shape index (κ2) is 9.30. The number of nitrogens with one attached hydrogen (secondary N) is 2. The number of nitrogens with zero attached hydrogens (tertiary/aromatic N) is 1. The lowest BCUT2D eigenvalue weighted by Gasteiger charge is -2.35. The monoisotopic (exact) mass is 347 g/mol. The van der Waals surface area contributed by atoms with Crippen molar-refractivity contribution in [2.24, 2.45) is 0 Å². The van der Waals surface area contributed by atoms with Gasteiger partial charge in [-0.3, -0.25) is 4.79 Å². The van der Waals surface area contributed by atoms with Crippen molar-refractivity contribution >= 4 is 11.9 Å². The highest BCUT2D eigenvalue weighted by Gasteiger charge is 2.27. The fourth-order valence-electron chi connectivity index (χ4n) is 3.10. The molecule has 3 amide bonds. The molecule has 0 aliphatic carbocycles. The molecule has 0 spiro atoms. The third kappa shape index (κ3) is 5.66. The highest BCUT2D eigenvalue weighted by atomic mass is 16.5. The van der Waals surface area contributed by atoms with Gasteiger partial charge in [0.05, 0.1) is 7.11 Å². The van der Waals surface area contributed by atoms with Gasteiger partial charge in [-0.05, 0) is 57.2 Å². The smallest absolute Gasteiger partial charge is 0.315 e. The SMILES string of the molecule is COc1ccc(CCNC(=O)N[C@H](C)C(=O)N2CCCC[C@@H]2C)cc1. The quantitative estimate of drug-likeness (QED) is 0.830. The predicted molar refractivity (Wildman–Crippen MR) is 97.7 cm³/mol. The Hall–Kier alpha value is -2.24. The molecule has 1 aromatic rings. The first kappa shape index (κ1) is 19.1. The largest absolute Gasteiger partial charge is 0.497 e. The van der Waals surface area contributed by atoms with Crippen LogP contribution in [0, 0.1) is 0 Å². The summed E-state index contributed by atoms with van der Waals surface area (Å²) in [5.41, 5.74) is 1.12. The van der Waals surface area contributed by atoms with Gasteiger partial charge >= 0.3 is 6.03 Å². The standard InChI is InChI=1S/C19H29N3O3/c1-14-6-4-5-13-22(14)18(23)15(2)21-19(24)20-12-11-16-7-9-17(25-3)10-8-16/h7-10,14-15H,4-6,11-13H2,1-3H3,(H2,20,21,24)/t14-,15+/m0/s1. The fraction of sp³-hybridized carbons (Fsp3) is 0.579. The zero-order chi connectivity index (χ0) is 18.2. The van der Waals surface area contributed by atoms with Crippen LogP contribution in [0.5, 0.6) is 5.75 Å². The molecule has 2 atom stereocenters. The number of carbonyl (C=O) groups is 2. The second-order valence-corrected chi connectivity index (χ2v) is 6.60. The predicted octanol–water partition coefficient (Wildman–Crippen LogP) is 2.33. The molecule has 138 valence electrons. The maximum Gasteiger partial charge on any atom is 0.315 e. The molecule has 1 aliphatic heterocycles. The molecule has 0 saturated carbocycles. The summed E-state index contributed by atoms with van der Waals surface area (Å²) < 4.78 is 5.12. The number of carbonyl (C=O) groups excluding carboxylic acids is 2. The topological polar surface area (TPSA) is 70.7 Å². The second-order valence-electron chi connectivity index (χ2n) is 6.60. The summed E-state index contributed by atoms with van der Waals surface area (Å²) >= 11 is 0. The van der Waals surface area contributed by atoms with Gasteiger partial charge in [-0.25, -0.2) is 4.79 Å². The molecule has 6 nitrogen and oxygen atoms in total. The molecular weight excluding hydrogens is 318 g/mol. The molecule has 1 aliphatic rings. The number of rotatable bonds is 6. The van der Waals surface area contributed by atoms with Crippen LogP contribution in [0.15, 0.2) is 24.3 Å². The third-order valence-corrected chi connectivity index (χ3v) is 4.66. The van der Waals surface area contributed by atoms with E-state index in [1.807, 2.05) is 29.2 Å². The van der Waals surface area contributed by atoms with Crippen molar-refractivity contribution < 1.29 is 14.3 Å². The molecule has 0 aromatic heterocycles. The van der Waals surface area contributed by atoms with E-state index in [2.05, 4.69) is 17.6 Å². The molecule has 1 saturated heterocycles. The summed E-state index contributed by atoms with van der Waals surface area (Å²) in [4.78, 5) is 26.4. The number of hydrogen-bond acceptors (Lipinski definition) is 3. The van der Waals surface area contributed by atoms with Gasteiger partial charge < -0.3 is 20.3 Å². The van der Waals surface area contributed by atoms with E-state index in [1.54, 1.807) is 14.0 Å². The molecule has 2 N–H and O–H groups in total. The Morgan fingerprint density at radius 1 is 1.28 bits per heavy atom. The average Bonchev–Trinajstić information content (AvgIpc) is 2.62. The van der Waals surface area contributed by atoms with Gasteiger partial charge in [0.15, 0.2) is 0 Å². The van der Waals surface area contributed by atoms with Gasteiger partial charge in [0, 0.05) is 19.1 Å². The number of methoxy groups -OCH3 is 1. The van der Waals surface area contributed by atoms with E-state index >= 15 is 0 Å². The first-order chi connectivity index (χ1) is 12.0. The van der Waals surface area contributed by atoms with Crippen LogP contribution >= 0.6 is 0 Å². The molecule has 25 heavy (non-hydrogen) atoms. The molecule has 1 fully saturated rings. The normalized spacial score (nSPS) is 18.4. The molecular formula is C19H29N3O3. The summed E-state index contributed by atoms with van der Waals surface area (Å²) in [6.07, 6.45) is 3.96. The number of piperidine rings is 1.